The minimum atomic E-state index is -1.42. The minimum Gasteiger partial charge on any atom is -0.398 e. The molecule has 0 spiro atoms. The van der Waals surface area contributed by atoms with E-state index in [-0.39, 0.29) is 10.8 Å². The van der Waals surface area contributed by atoms with Gasteiger partial charge >= 0.3 is 0 Å². The van der Waals surface area contributed by atoms with E-state index < -0.39 is 13.7 Å². The molecule has 0 aromatic carbocycles. The van der Waals surface area contributed by atoms with Crippen molar-refractivity contribution in [1.82, 2.24) is 5.32 Å². The fourth-order valence-electron chi connectivity index (χ4n) is 2.87. The van der Waals surface area contributed by atoms with E-state index in [2.05, 4.69) is 71.0 Å². The topological polar surface area (TPSA) is 64.1 Å². The molecule has 1 atom stereocenters. The van der Waals surface area contributed by atoms with E-state index >= 15 is 0 Å². The van der Waals surface area contributed by atoms with Gasteiger partial charge in [0.15, 0.2) is 0 Å². The summed E-state index contributed by atoms with van der Waals surface area (Å²) in [5.74, 6) is 3.21. The highest BCUT2D eigenvalue weighted by atomic mass is 28.3. The third-order valence-corrected chi connectivity index (χ3v) is 4.69. The van der Waals surface area contributed by atoms with Crippen LogP contribution in [0.25, 0.3) is 0 Å². The zero-order valence-electron chi connectivity index (χ0n) is 15.5. The number of hydrogen-bond donors (Lipinski definition) is 3. The van der Waals surface area contributed by atoms with Gasteiger partial charge in [0.2, 0.25) is 0 Å². The lowest BCUT2D eigenvalue weighted by Crippen LogP contribution is -2.62. The van der Waals surface area contributed by atoms with Crippen LogP contribution in [0.2, 0.25) is 19.6 Å². The van der Waals surface area contributed by atoms with Crippen molar-refractivity contribution in [2.75, 3.05) is 0 Å². The van der Waals surface area contributed by atoms with E-state index in [0.717, 1.165) is 12.0 Å². The SMILES string of the molecule is CC(C)(C)CC(C)(C)C1(N)C=C(N)C(C#C[Si](C)(C)C)=CN1. The van der Waals surface area contributed by atoms with Crippen molar-refractivity contribution in [3.05, 3.63) is 23.5 Å². The summed E-state index contributed by atoms with van der Waals surface area (Å²) in [7, 11) is -1.42. The quantitative estimate of drug-likeness (QED) is 0.540. The zero-order chi connectivity index (χ0) is 17.4. The predicted molar refractivity (Wildman–Crippen MR) is 99.4 cm³/mol. The maximum atomic E-state index is 6.63. The summed E-state index contributed by atoms with van der Waals surface area (Å²) in [5.41, 5.74) is 17.1. The average Bonchev–Trinajstić information content (AvgIpc) is 2.22. The maximum Gasteiger partial charge on any atom is 0.129 e. The van der Waals surface area contributed by atoms with Gasteiger partial charge in [-0.1, -0.05) is 60.2 Å². The number of dihydropyridines is 1. The summed E-state index contributed by atoms with van der Waals surface area (Å²) in [6.45, 7) is 17.7. The summed E-state index contributed by atoms with van der Waals surface area (Å²) in [5, 5.41) is 3.35. The molecule has 1 heterocycles. The molecule has 0 bridgehead atoms. The first-order chi connectivity index (χ1) is 9.65. The lowest BCUT2D eigenvalue weighted by molar-refractivity contribution is 0.115. The second-order valence-electron chi connectivity index (χ2n) is 9.29. The number of nitrogens with one attached hydrogen (secondary N) is 1. The first-order valence-electron chi connectivity index (χ1n) is 7.94. The van der Waals surface area contributed by atoms with Gasteiger partial charge in [-0.3, -0.25) is 0 Å². The molecule has 0 amide bonds. The van der Waals surface area contributed by atoms with Crippen LogP contribution in [-0.4, -0.2) is 13.7 Å². The van der Waals surface area contributed by atoms with Crippen LogP contribution in [0, 0.1) is 22.3 Å². The molecule has 0 aromatic heterocycles. The van der Waals surface area contributed by atoms with Gasteiger partial charge in [0.05, 0.1) is 5.57 Å². The van der Waals surface area contributed by atoms with Crippen molar-refractivity contribution in [3.8, 4) is 11.5 Å². The fraction of sp³-hybridized carbons (Fsp3) is 0.667. The van der Waals surface area contributed by atoms with Crippen molar-refractivity contribution >= 4 is 8.07 Å². The van der Waals surface area contributed by atoms with Crippen molar-refractivity contribution in [1.29, 1.82) is 0 Å². The standard InChI is InChI=1S/C18H33N3Si/c1-16(2,3)13-17(4,5)18(20)11-15(19)14(12-21-18)9-10-22(6,7)8/h11-12,21H,13,19-20H2,1-8H3. The van der Waals surface area contributed by atoms with Crippen molar-refractivity contribution in [3.63, 3.8) is 0 Å². The van der Waals surface area contributed by atoms with Gasteiger partial charge in [-0.2, -0.15) is 0 Å². The fourth-order valence-corrected chi connectivity index (χ4v) is 3.38. The predicted octanol–water partition coefficient (Wildman–Crippen LogP) is 3.31. The summed E-state index contributed by atoms with van der Waals surface area (Å²) in [6, 6.07) is 0. The third kappa shape index (κ3) is 4.93. The first-order valence-corrected chi connectivity index (χ1v) is 11.4. The Kier molecular flexibility index (Phi) is 4.96. The Hall–Kier alpha value is -1.18. The monoisotopic (exact) mass is 319 g/mol. The van der Waals surface area contributed by atoms with E-state index in [0.29, 0.717) is 5.70 Å². The van der Waals surface area contributed by atoms with Crippen molar-refractivity contribution < 1.29 is 0 Å². The highest BCUT2D eigenvalue weighted by Gasteiger charge is 2.43. The van der Waals surface area contributed by atoms with Crippen LogP contribution in [0.5, 0.6) is 0 Å². The summed E-state index contributed by atoms with van der Waals surface area (Å²) < 4.78 is 0. The summed E-state index contributed by atoms with van der Waals surface area (Å²) in [6.07, 6.45) is 4.80. The Balaban J connectivity index is 3.05. The lowest BCUT2D eigenvalue weighted by atomic mass is 9.68. The summed E-state index contributed by atoms with van der Waals surface area (Å²) in [4.78, 5) is 0. The Morgan fingerprint density at radius 3 is 2.14 bits per heavy atom. The Morgan fingerprint density at radius 2 is 1.73 bits per heavy atom. The molecule has 1 unspecified atom stereocenters. The molecule has 22 heavy (non-hydrogen) atoms. The molecule has 3 nitrogen and oxygen atoms in total. The van der Waals surface area contributed by atoms with Gasteiger partial charge < -0.3 is 16.8 Å². The molecular formula is C18H33N3Si. The van der Waals surface area contributed by atoms with E-state index in [1.807, 2.05) is 12.3 Å². The van der Waals surface area contributed by atoms with Crippen molar-refractivity contribution in [2.24, 2.45) is 22.3 Å². The molecule has 0 fully saturated rings. The lowest BCUT2D eigenvalue weighted by Gasteiger charge is -2.47. The van der Waals surface area contributed by atoms with Crippen LogP contribution in [0.1, 0.15) is 41.0 Å². The van der Waals surface area contributed by atoms with Crippen LogP contribution in [0.3, 0.4) is 0 Å². The number of hydrogen-bond acceptors (Lipinski definition) is 3. The first kappa shape index (κ1) is 18.9. The van der Waals surface area contributed by atoms with E-state index in [1.165, 1.54) is 0 Å². The normalized spacial score (nSPS) is 23.0. The molecule has 1 aliphatic rings. The van der Waals surface area contributed by atoms with Crippen LogP contribution in [0.4, 0.5) is 0 Å². The van der Waals surface area contributed by atoms with E-state index in [4.69, 9.17) is 11.5 Å². The van der Waals surface area contributed by atoms with Gasteiger partial charge in [-0.25, -0.2) is 0 Å². The highest BCUT2D eigenvalue weighted by Crippen LogP contribution is 2.41. The number of rotatable bonds is 2. The number of nitrogens with two attached hydrogens (primary N) is 2. The number of allylic oxidation sites excluding steroid dienone is 1. The average molecular weight is 320 g/mol. The molecule has 0 aromatic rings. The molecule has 1 aliphatic heterocycles. The van der Waals surface area contributed by atoms with Gasteiger partial charge in [0.1, 0.15) is 13.7 Å². The highest BCUT2D eigenvalue weighted by molar-refractivity contribution is 6.83. The largest absolute Gasteiger partial charge is 0.398 e. The van der Waals surface area contributed by atoms with Gasteiger partial charge in [-0.15, -0.1) is 5.54 Å². The summed E-state index contributed by atoms with van der Waals surface area (Å²) >= 11 is 0. The molecule has 4 heteroatoms. The Morgan fingerprint density at radius 1 is 1.18 bits per heavy atom. The smallest absolute Gasteiger partial charge is 0.129 e. The third-order valence-electron chi connectivity index (χ3n) is 3.81. The molecule has 0 saturated heterocycles. The minimum absolute atomic E-state index is 0.135. The second kappa shape index (κ2) is 5.79. The van der Waals surface area contributed by atoms with Gasteiger partial charge in [0, 0.05) is 17.3 Å². The van der Waals surface area contributed by atoms with Gasteiger partial charge in [-0.05, 0) is 17.9 Å². The van der Waals surface area contributed by atoms with Crippen molar-refractivity contribution in [2.45, 2.75) is 66.3 Å². The van der Waals surface area contributed by atoms with E-state index in [9.17, 15) is 0 Å². The van der Waals surface area contributed by atoms with Crippen LogP contribution in [0.15, 0.2) is 23.5 Å². The van der Waals surface area contributed by atoms with Crippen LogP contribution < -0.4 is 16.8 Å². The molecule has 5 N–H and O–H groups in total. The molecule has 1 rings (SSSR count). The molecule has 0 saturated carbocycles. The van der Waals surface area contributed by atoms with E-state index in [1.54, 1.807) is 0 Å². The van der Waals surface area contributed by atoms with Crippen LogP contribution in [-0.2, 0) is 0 Å². The van der Waals surface area contributed by atoms with Crippen LogP contribution >= 0.6 is 0 Å². The van der Waals surface area contributed by atoms with Gasteiger partial charge in [0.25, 0.3) is 0 Å². The Bertz CT molecular complexity index is 548. The Labute approximate surface area is 137 Å². The molecule has 124 valence electrons. The molecular weight excluding hydrogens is 286 g/mol. The molecule has 0 radical (unpaired) electrons. The zero-order valence-corrected chi connectivity index (χ0v) is 16.5. The molecule has 0 aliphatic carbocycles. The maximum absolute atomic E-state index is 6.63. The second-order valence-corrected chi connectivity index (χ2v) is 14.0.